The van der Waals surface area contributed by atoms with Crippen LogP contribution in [0.2, 0.25) is 0 Å². The van der Waals surface area contributed by atoms with Crippen molar-refractivity contribution < 1.29 is 23.8 Å². The zero-order valence-corrected chi connectivity index (χ0v) is 22.7. The van der Waals surface area contributed by atoms with E-state index in [1.165, 1.54) is 22.0 Å². The van der Waals surface area contributed by atoms with Crippen molar-refractivity contribution in [1.29, 1.82) is 0 Å². The molecule has 1 atom stereocenters. The number of furan rings is 1. The molecule has 0 radical (unpaired) electrons. The van der Waals surface area contributed by atoms with Crippen molar-refractivity contribution in [2.24, 2.45) is 4.99 Å². The third-order valence-electron chi connectivity index (χ3n) is 6.02. The molecule has 0 bridgehead atoms. The van der Waals surface area contributed by atoms with Gasteiger partial charge in [-0.15, -0.1) is 0 Å². The summed E-state index contributed by atoms with van der Waals surface area (Å²) in [5.41, 5.74) is 1.54. The van der Waals surface area contributed by atoms with Crippen LogP contribution in [0, 0.1) is 0 Å². The zero-order valence-electron chi connectivity index (χ0n) is 20.3. The van der Waals surface area contributed by atoms with Crippen LogP contribution >= 0.6 is 27.3 Å². The van der Waals surface area contributed by atoms with Crippen LogP contribution < -0.4 is 20.0 Å². The standard InChI is InChI=1S/C28H21BrN2O6S/c1-3-36-27(35)23-15(2)30-28-31(24(23)16-8-10-17(29)11-9-16)25(32)22(38-28)14-18-12-13-21(37-18)19-6-4-5-7-20(19)26(33)34/h4-14,24H,3H2,1-2H3,(H,33,34)/p-1/b22-14-/t24-/m1/s1. The largest absolute Gasteiger partial charge is 0.545 e. The Morgan fingerprint density at radius 2 is 1.89 bits per heavy atom. The summed E-state index contributed by atoms with van der Waals surface area (Å²) in [6.07, 6.45) is 1.58. The van der Waals surface area contributed by atoms with Crippen LogP contribution in [-0.4, -0.2) is 23.1 Å². The van der Waals surface area contributed by atoms with Gasteiger partial charge in [-0.25, -0.2) is 9.79 Å². The number of benzene rings is 2. The van der Waals surface area contributed by atoms with Gasteiger partial charge < -0.3 is 19.1 Å². The van der Waals surface area contributed by atoms with Crippen LogP contribution in [0.25, 0.3) is 17.4 Å². The lowest BCUT2D eigenvalue weighted by atomic mass is 9.96. The summed E-state index contributed by atoms with van der Waals surface area (Å²) in [6, 6.07) is 16.3. The van der Waals surface area contributed by atoms with E-state index < -0.39 is 18.0 Å². The third-order valence-corrected chi connectivity index (χ3v) is 7.53. The number of aromatic nitrogens is 1. The van der Waals surface area contributed by atoms with Crippen molar-refractivity contribution in [1.82, 2.24) is 4.57 Å². The Labute approximate surface area is 229 Å². The number of carbonyl (C=O) groups excluding carboxylic acids is 2. The average Bonchev–Trinajstić information content (AvgIpc) is 3.48. The number of aromatic carboxylic acids is 1. The monoisotopic (exact) mass is 591 g/mol. The first-order valence-corrected chi connectivity index (χ1v) is 13.2. The van der Waals surface area contributed by atoms with Gasteiger partial charge in [-0.2, -0.15) is 0 Å². The molecule has 0 amide bonds. The maximum atomic E-state index is 13.7. The number of allylic oxidation sites excluding steroid dienone is 1. The SMILES string of the molecule is CCOC(=O)C1=C(C)N=c2s/c(=C\c3ccc(-c4ccccc4C(=O)[O-])o3)c(=O)n2[C@@H]1c1ccc(Br)cc1. The van der Waals surface area contributed by atoms with Gasteiger partial charge >= 0.3 is 5.97 Å². The number of ether oxygens (including phenoxy) is 1. The average molecular weight is 592 g/mol. The van der Waals surface area contributed by atoms with E-state index in [1.807, 2.05) is 24.3 Å². The molecule has 0 spiro atoms. The van der Waals surface area contributed by atoms with Crippen molar-refractivity contribution >= 4 is 45.3 Å². The predicted molar refractivity (Wildman–Crippen MR) is 143 cm³/mol. The van der Waals surface area contributed by atoms with E-state index in [-0.39, 0.29) is 17.7 Å². The van der Waals surface area contributed by atoms with E-state index in [9.17, 15) is 19.5 Å². The van der Waals surface area contributed by atoms with Gasteiger partial charge in [0.05, 0.1) is 34.4 Å². The van der Waals surface area contributed by atoms with Crippen LogP contribution in [0.15, 0.2) is 90.6 Å². The number of fused-ring (bicyclic) bond motifs is 1. The summed E-state index contributed by atoms with van der Waals surface area (Å²) in [4.78, 5) is 43.2. The summed E-state index contributed by atoms with van der Waals surface area (Å²) in [7, 11) is 0. The van der Waals surface area contributed by atoms with E-state index in [4.69, 9.17) is 9.15 Å². The second kappa shape index (κ2) is 10.4. The van der Waals surface area contributed by atoms with Gasteiger partial charge in [0.25, 0.3) is 5.56 Å². The number of nitrogens with zero attached hydrogens (tertiary/aromatic N) is 2. The van der Waals surface area contributed by atoms with E-state index in [0.717, 1.165) is 10.0 Å². The second-order valence-electron chi connectivity index (χ2n) is 8.39. The molecule has 0 saturated heterocycles. The first kappa shape index (κ1) is 25.6. The number of carboxylic acids is 1. The first-order chi connectivity index (χ1) is 18.3. The van der Waals surface area contributed by atoms with Crippen LogP contribution in [0.3, 0.4) is 0 Å². The summed E-state index contributed by atoms with van der Waals surface area (Å²) >= 11 is 4.60. The molecule has 192 valence electrons. The molecule has 1 aliphatic rings. The van der Waals surface area contributed by atoms with Crippen LogP contribution in [0.1, 0.15) is 41.6 Å². The van der Waals surface area contributed by atoms with Crippen LogP contribution in [-0.2, 0) is 9.53 Å². The molecule has 0 N–H and O–H groups in total. The highest BCUT2D eigenvalue weighted by Gasteiger charge is 2.33. The molecule has 0 saturated carbocycles. The molecule has 0 aliphatic carbocycles. The van der Waals surface area contributed by atoms with Crippen molar-refractivity contribution in [3.05, 3.63) is 113 Å². The van der Waals surface area contributed by atoms with Crippen LogP contribution in [0.4, 0.5) is 0 Å². The Bertz CT molecular complexity index is 1780. The Kier molecular flexibility index (Phi) is 7.00. The number of esters is 1. The van der Waals surface area contributed by atoms with Gasteiger partial charge in [-0.3, -0.25) is 9.36 Å². The minimum Gasteiger partial charge on any atom is -0.545 e. The molecule has 38 heavy (non-hydrogen) atoms. The lowest BCUT2D eigenvalue weighted by molar-refractivity contribution is -0.255. The number of thiazole rings is 1. The minimum atomic E-state index is -1.31. The van der Waals surface area contributed by atoms with E-state index >= 15 is 0 Å². The van der Waals surface area contributed by atoms with Crippen LogP contribution in [0.5, 0.6) is 0 Å². The Morgan fingerprint density at radius 3 is 2.61 bits per heavy atom. The molecule has 0 fully saturated rings. The smallest absolute Gasteiger partial charge is 0.338 e. The van der Waals surface area contributed by atoms with Gasteiger partial charge in [0.15, 0.2) is 4.80 Å². The molecule has 2 aromatic carbocycles. The lowest BCUT2D eigenvalue weighted by Gasteiger charge is -2.24. The summed E-state index contributed by atoms with van der Waals surface area (Å²) in [5.74, 6) is -1.15. The Morgan fingerprint density at radius 1 is 1.16 bits per heavy atom. The lowest BCUT2D eigenvalue weighted by Crippen LogP contribution is -2.39. The number of halogens is 1. The Balaban J connectivity index is 1.64. The molecule has 8 nitrogen and oxygen atoms in total. The molecular formula is C28H20BrN2O6S-. The molecular weight excluding hydrogens is 572 g/mol. The fourth-order valence-electron chi connectivity index (χ4n) is 4.33. The molecule has 1 aliphatic heterocycles. The highest BCUT2D eigenvalue weighted by Crippen LogP contribution is 2.31. The van der Waals surface area contributed by atoms with Gasteiger partial charge in [0, 0.05) is 21.7 Å². The molecule has 10 heteroatoms. The van der Waals surface area contributed by atoms with E-state index in [2.05, 4.69) is 20.9 Å². The highest BCUT2D eigenvalue weighted by atomic mass is 79.9. The van der Waals surface area contributed by atoms with Crippen molar-refractivity contribution in [2.45, 2.75) is 19.9 Å². The minimum absolute atomic E-state index is 0.00393. The molecule has 4 aromatic rings. The quantitative estimate of drug-likeness (QED) is 0.318. The fourth-order valence-corrected chi connectivity index (χ4v) is 5.62. The maximum absolute atomic E-state index is 13.7. The number of carbonyl (C=O) groups is 2. The van der Waals surface area contributed by atoms with E-state index in [0.29, 0.717) is 37.7 Å². The van der Waals surface area contributed by atoms with Crippen molar-refractivity contribution in [3.63, 3.8) is 0 Å². The van der Waals surface area contributed by atoms with Gasteiger partial charge in [-0.05, 0) is 43.7 Å². The normalized spacial score (nSPS) is 15.2. The molecule has 0 unspecified atom stereocenters. The first-order valence-electron chi connectivity index (χ1n) is 11.6. The summed E-state index contributed by atoms with van der Waals surface area (Å²) in [6.45, 7) is 3.64. The molecule has 2 aromatic heterocycles. The third kappa shape index (κ3) is 4.68. The summed E-state index contributed by atoms with van der Waals surface area (Å²) < 4.78 is 13.9. The zero-order chi connectivity index (χ0) is 27.0. The summed E-state index contributed by atoms with van der Waals surface area (Å²) in [5, 5.41) is 11.5. The maximum Gasteiger partial charge on any atom is 0.338 e. The van der Waals surface area contributed by atoms with Gasteiger partial charge in [0.2, 0.25) is 0 Å². The van der Waals surface area contributed by atoms with Gasteiger partial charge in [-0.1, -0.05) is 63.7 Å². The van der Waals surface area contributed by atoms with Crippen molar-refractivity contribution in [2.75, 3.05) is 6.61 Å². The Hall–Kier alpha value is -4.02. The number of hydrogen-bond acceptors (Lipinski definition) is 8. The molecule has 3 heterocycles. The topological polar surface area (TPSA) is 114 Å². The van der Waals surface area contributed by atoms with E-state index in [1.54, 1.807) is 50.3 Å². The molecule has 5 rings (SSSR count). The van der Waals surface area contributed by atoms with Crippen molar-refractivity contribution in [3.8, 4) is 11.3 Å². The second-order valence-corrected chi connectivity index (χ2v) is 10.3. The fraction of sp³-hybridized carbons (Fsp3) is 0.143. The number of rotatable bonds is 6. The van der Waals surface area contributed by atoms with Gasteiger partial charge in [0.1, 0.15) is 11.5 Å². The number of hydrogen-bond donors (Lipinski definition) is 0. The highest BCUT2D eigenvalue weighted by molar-refractivity contribution is 9.10. The predicted octanol–water partition coefficient (Wildman–Crippen LogP) is 3.18. The number of carboxylic acid groups (broad SMARTS) is 1.